The first-order chi connectivity index (χ1) is 12.1. The highest BCUT2D eigenvalue weighted by Gasteiger charge is 2.18. The van der Waals surface area contributed by atoms with Crippen LogP contribution >= 0.6 is 23.1 Å². The fourth-order valence-corrected chi connectivity index (χ4v) is 4.01. The minimum Gasteiger partial charge on any atom is -0.336 e. The number of nitrogens with zero attached hydrogens (tertiary/aromatic N) is 5. The van der Waals surface area contributed by atoms with Crippen molar-refractivity contribution in [2.75, 3.05) is 10.7 Å². The summed E-state index contributed by atoms with van der Waals surface area (Å²) in [5.74, 6) is 7.22. The first-order valence-corrected chi connectivity index (χ1v) is 9.59. The van der Waals surface area contributed by atoms with Crippen molar-refractivity contribution in [3.05, 3.63) is 47.2 Å². The van der Waals surface area contributed by atoms with Crippen LogP contribution in [0.1, 0.15) is 25.4 Å². The van der Waals surface area contributed by atoms with E-state index in [0.717, 1.165) is 23.6 Å². The number of aromatic nitrogens is 4. The van der Waals surface area contributed by atoms with E-state index in [2.05, 4.69) is 15.2 Å². The maximum absolute atomic E-state index is 12.1. The molecule has 1 aromatic carbocycles. The Morgan fingerprint density at radius 2 is 2.08 bits per heavy atom. The SMILES string of the molecule is CCc1nnc(SCc2csc(N(C(C)=O)c3ccccc3)n2)n1N. The zero-order valence-electron chi connectivity index (χ0n) is 13.9. The van der Waals surface area contributed by atoms with Gasteiger partial charge in [-0.2, -0.15) is 0 Å². The maximum atomic E-state index is 12.1. The van der Waals surface area contributed by atoms with E-state index in [1.807, 2.05) is 42.6 Å². The largest absolute Gasteiger partial charge is 0.336 e. The molecule has 7 nitrogen and oxygen atoms in total. The van der Waals surface area contributed by atoms with Crippen molar-refractivity contribution in [2.24, 2.45) is 0 Å². The Bertz CT molecular complexity index is 861. The van der Waals surface area contributed by atoms with Gasteiger partial charge in [0.2, 0.25) is 11.1 Å². The van der Waals surface area contributed by atoms with Crippen molar-refractivity contribution in [1.82, 2.24) is 19.9 Å². The molecule has 0 unspecified atom stereocenters. The number of anilines is 2. The predicted molar refractivity (Wildman–Crippen MR) is 100 cm³/mol. The van der Waals surface area contributed by atoms with Gasteiger partial charge in [-0.3, -0.25) is 9.69 Å². The lowest BCUT2D eigenvalue weighted by Crippen LogP contribution is -2.22. The van der Waals surface area contributed by atoms with Crippen molar-refractivity contribution < 1.29 is 4.79 Å². The molecule has 0 aliphatic rings. The lowest BCUT2D eigenvalue weighted by atomic mass is 10.3. The fourth-order valence-electron chi connectivity index (χ4n) is 2.25. The number of rotatable bonds is 6. The van der Waals surface area contributed by atoms with Crippen LogP contribution in [-0.2, 0) is 17.0 Å². The molecule has 2 aromatic heterocycles. The normalized spacial score (nSPS) is 10.8. The molecule has 0 saturated carbocycles. The second-order valence-electron chi connectivity index (χ2n) is 5.22. The smallest absolute Gasteiger partial charge is 0.230 e. The Morgan fingerprint density at radius 1 is 1.32 bits per heavy atom. The summed E-state index contributed by atoms with van der Waals surface area (Å²) in [7, 11) is 0. The molecule has 3 aromatic rings. The standard InChI is InChI=1S/C16H18N6OS2/c1-3-14-19-20-16(22(14)17)25-10-12-9-24-15(18-12)21(11(2)23)13-7-5-4-6-8-13/h4-9H,3,10,17H2,1-2H3. The minimum atomic E-state index is -0.0750. The van der Waals surface area contributed by atoms with Crippen molar-refractivity contribution in [3.8, 4) is 0 Å². The number of para-hydroxylation sites is 1. The first-order valence-electron chi connectivity index (χ1n) is 7.72. The summed E-state index contributed by atoms with van der Waals surface area (Å²) in [4.78, 5) is 18.3. The van der Waals surface area contributed by atoms with Gasteiger partial charge in [0.15, 0.2) is 11.0 Å². The van der Waals surface area contributed by atoms with Gasteiger partial charge >= 0.3 is 0 Å². The molecule has 0 fully saturated rings. The molecule has 2 N–H and O–H groups in total. The molecule has 1 amide bonds. The van der Waals surface area contributed by atoms with E-state index in [1.165, 1.54) is 34.7 Å². The molecule has 0 saturated heterocycles. The number of carbonyl (C=O) groups excluding carboxylic acids is 1. The molecule has 3 rings (SSSR count). The molecule has 0 aliphatic carbocycles. The van der Waals surface area contributed by atoms with E-state index in [4.69, 9.17) is 5.84 Å². The van der Waals surface area contributed by atoms with Crippen molar-refractivity contribution in [1.29, 1.82) is 0 Å². The average molecular weight is 374 g/mol. The highest BCUT2D eigenvalue weighted by molar-refractivity contribution is 7.98. The van der Waals surface area contributed by atoms with Crippen LogP contribution in [0.25, 0.3) is 0 Å². The molecular formula is C16H18N6OS2. The number of thiazole rings is 1. The van der Waals surface area contributed by atoms with Crippen LogP contribution in [-0.4, -0.2) is 25.8 Å². The summed E-state index contributed by atoms with van der Waals surface area (Å²) in [6.45, 7) is 3.51. The Labute approximate surface area is 153 Å². The number of thioether (sulfide) groups is 1. The van der Waals surface area contributed by atoms with Crippen LogP contribution in [0.15, 0.2) is 40.9 Å². The Hall–Kier alpha value is -2.39. The molecule has 25 heavy (non-hydrogen) atoms. The lowest BCUT2D eigenvalue weighted by molar-refractivity contribution is -0.115. The van der Waals surface area contributed by atoms with E-state index in [9.17, 15) is 4.79 Å². The van der Waals surface area contributed by atoms with E-state index >= 15 is 0 Å². The van der Waals surface area contributed by atoms with Crippen LogP contribution in [0.2, 0.25) is 0 Å². The van der Waals surface area contributed by atoms with Gasteiger partial charge in [0.05, 0.1) is 11.4 Å². The van der Waals surface area contributed by atoms with Gasteiger partial charge in [-0.05, 0) is 12.1 Å². The summed E-state index contributed by atoms with van der Waals surface area (Å²) in [6, 6.07) is 9.49. The average Bonchev–Trinajstić information content (AvgIpc) is 3.20. The second kappa shape index (κ2) is 7.66. The third-order valence-corrected chi connectivity index (χ3v) is 5.31. The number of amides is 1. The van der Waals surface area contributed by atoms with Gasteiger partial charge < -0.3 is 5.84 Å². The van der Waals surface area contributed by atoms with Gasteiger partial charge in [-0.15, -0.1) is 21.5 Å². The van der Waals surface area contributed by atoms with Crippen molar-refractivity contribution in [3.63, 3.8) is 0 Å². The minimum absolute atomic E-state index is 0.0750. The van der Waals surface area contributed by atoms with E-state index in [0.29, 0.717) is 16.0 Å². The van der Waals surface area contributed by atoms with Crippen molar-refractivity contribution in [2.45, 2.75) is 31.2 Å². The molecule has 0 radical (unpaired) electrons. The summed E-state index contributed by atoms with van der Waals surface area (Å²) in [6.07, 6.45) is 0.732. The number of hydrogen-bond acceptors (Lipinski definition) is 7. The number of nitrogens with two attached hydrogens (primary N) is 1. The van der Waals surface area contributed by atoms with Crippen LogP contribution in [0, 0.1) is 0 Å². The van der Waals surface area contributed by atoms with Crippen molar-refractivity contribution >= 4 is 39.8 Å². The first kappa shape index (κ1) is 17.4. The van der Waals surface area contributed by atoms with Gasteiger partial charge in [0, 0.05) is 24.5 Å². The van der Waals surface area contributed by atoms with E-state index in [1.54, 1.807) is 4.90 Å². The topological polar surface area (TPSA) is 89.9 Å². The molecule has 0 aliphatic heterocycles. The summed E-state index contributed by atoms with van der Waals surface area (Å²) in [5, 5.41) is 11.4. The van der Waals surface area contributed by atoms with Gasteiger partial charge in [-0.1, -0.05) is 36.9 Å². The Kier molecular flexibility index (Phi) is 5.34. The predicted octanol–water partition coefficient (Wildman–Crippen LogP) is 2.99. The van der Waals surface area contributed by atoms with Crippen LogP contribution in [0.3, 0.4) is 0 Å². The van der Waals surface area contributed by atoms with Crippen LogP contribution in [0.5, 0.6) is 0 Å². The molecule has 9 heteroatoms. The quantitative estimate of drug-likeness (QED) is 0.527. The zero-order valence-corrected chi connectivity index (χ0v) is 15.5. The van der Waals surface area contributed by atoms with E-state index < -0.39 is 0 Å². The Morgan fingerprint density at radius 3 is 2.72 bits per heavy atom. The monoisotopic (exact) mass is 374 g/mol. The zero-order chi connectivity index (χ0) is 17.8. The molecular weight excluding hydrogens is 356 g/mol. The molecule has 130 valence electrons. The summed E-state index contributed by atoms with van der Waals surface area (Å²) < 4.78 is 1.50. The number of nitrogen functional groups attached to an aromatic ring is 1. The highest BCUT2D eigenvalue weighted by Crippen LogP contribution is 2.30. The molecule has 0 spiro atoms. The number of aryl methyl sites for hydroxylation is 1. The summed E-state index contributed by atoms with van der Waals surface area (Å²) in [5.41, 5.74) is 1.67. The fraction of sp³-hybridized carbons (Fsp3) is 0.250. The second-order valence-corrected chi connectivity index (χ2v) is 7.00. The third kappa shape index (κ3) is 3.83. The van der Waals surface area contributed by atoms with Crippen LogP contribution in [0.4, 0.5) is 10.8 Å². The van der Waals surface area contributed by atoms with Gasteiger partial charge in [-0.25, -0.2) is 9.66 Å². The van der Waals surface area contributed by atoms with E-state index in [-0.39, 0.29) is 5.91 Å². The van der Waals surface area contributed by atoms with Gasteiger partial charge in [0.1, 0.15) is 0 Å². The number of carbonyl (C=O) groups is 1. The number of hydrogen-bond donors (Lipinski definition) is 1. The summed E-state index contributed by atoms with van der Waals surface area (Å²) >= 11 is 2.91. The molecule has 0 atom stereocenters. The molecule has 2 heterocycles. The third-order valence-electron chi connectivity index (χ3n) is 3.46. The lowest BCUT2D eigenvalue weighted by Gasteiger charge is -2.17. The molecule has 0 bridgehead atoms. The Balaban J connectivity index is 1.75. The van der Waals surface area contributed by atoms with Gasteiger partial charge in [0.25, 0.3) is 0 Å². The van der Waals surface area contributed by atoms with Crippen LogP contribution < -0.4 is 10.7 Å². The highest BCUT2D eigenvalue weighted by atomic mass is 32.2. The maximum Gasteiger partial charge on any atom is 0.230 e. The number of benzene rings is 1.